The third kappa shape index (κ3) is 4.16. The van der Waals surface area contributed by atoms with Crippen LogP contribution in [-0.4, -0.2) is 14.1 Å². The first kappa shape index (κ1) is 23.9. The van der Waals surface area contributed by atoms with E-state index in [2.05, 4.69) is 115 Å². The molecule has 2 N–H and O–H groups in total. The van der Waals surface area contributed by atoms with E-state index in [4.69, 9.17) is 0 Å². The van der Waals surface area contributed by atoms with Crippen LogP contribution in [0.1, 0.15) is 72.2 Å². The molecular weight excluding hydrogens is 388 g/mol. The summed E-state index contributed by atoms with van der Waals surface area (Å²) in [5, 5.41) is 6.67. The number of hydrogen-bond donors (Lipinski definition) is 2. The summed E-state index contributed by atoms with van der Waals surface area (Å²) in [4.78, 5) is 0. The molecule has 170 valence electrons. The Morgan fingerprint density at radius 2 is 0.719 bits per heavy atom. The smallest absolute Gasteiger partial charge is 0.0397 e. The van der Waals surface area contributed by atoms with Crippen molar-refractivity contribution in [3.63, 3.8) is 0 Å². The molecule has 0 aliphatic carbocycles. The van der Waals surface area contributed by atoms with Crippen LogP contribution in [0.4, 0.5) is 11.4 Å². The fourth-order valence-electron chi connectivity index (χ4n) is 5.07. The Kier molecular flexibility index (Phi) is 6.47. The summed E-state index contributed by atoms with van der Waals surface area (Å²) in [5.74, 6) is 0. The van der Waals surface area contributed by atoms with Gasteiger partial charge in [0.15, 0.2) is 0 Å². The van der Waals surface area contributed by atoms with Gasteiger partial charge in [-0.15, -0.1) is 0 Å². The average molecular weight is 429 g/mol. The van der Waals surface area contributed by atoms with Crippen molar-refractivity contribution in [1.82, 2.24) is 0 Å². The van der Waals surface area contributed by atoms with Crippen LogP contribution in [0.15, 0.2) is 48.5 Å². The van der Waals surface area contributed by atoms with Crippen LogP contribution in [0.5, 0.6) is 0 Å². The molecule has 0 atom stereocenters. The van der Waals surface area contributed by atoms with Crippen LogP contribution in [0.3, 0.4) is 0 Å². The van der Waals surface area contributed by atoms with E-state index in [1.165, 1.54) is 55.9 Å². The molecule has 0 aliphatic rings. The Hall–Kier alpha value is -2.74. The van der Waals surface area contributed by atoms with Gasteiger partial charge in [-0.25, -0.2) is 0 Å². The second-order valence-corrected chi connectivity index (χ2v) is 10.3. The first-order valence-corrected chi connectivity index (χ1v) is 11.6. The van der Waals surface area contributed by atoms with Crippen molar-refractivity contribution in [1.29, 1.82) is 0 Å². The van der Waals surface area contributed by atoms with Crippen LogP contribution in [-0.2, 0) is 10.8 Å². The molecule has 0 fully saturated rings. The number of rotatable bonds is 6. The van der Waals surface area contributed by atoms with Gasteiger partial charge < -0.3 is 10.6 Å². The third-order valence-electron chi connectivity index (χ3n) is 7.34. The molecular formula is C30H40N2. The molecule has 0 saturated carbocycles. The predicted octanol–water partition coefficient (Wildman–Crippen LogP) is 7.66. The Balaban J connectivity index is 1.98. The summed E-state index contributed by atoms with van der Waals surface area (Å²) in [7, 11) is 3.99. The summed E-state index contributed by atoms with van der Waals surface area (Å²) < 4.78 is 0. The van der Waals surface area contributed by atoms with Gasteiger partial charge in [0, 0.05) is 36.3 Å². The Morgan fingerprint density at radius 3 is 0.938 bits per heavy atom. The standard InChI is InChI=1S/C30H40N2/c1-19-15-25(16-20(2)27(19)31-9)29(5,6)23-11-13-24(14-12-23)30(7,8)26-17-21(3)28(32-10)22(4)18-26/h11-18,31-32H,1-10H3. The fourth-order valence-corrected chi connectivity index (χ4v) is 5.07. The molecule has 0 saturated heterocycles. The highest BCUT2D eigenvalue weighted by atomic mass is 14.8. The lowest BCUT2D eigenvalue weighted by Gasteiger charge is -2.31. The summed E-state index contributed by atoms with van der Waals surface area (Å²) in [5.41, 5.74) is 12.9. The second kappa shape index (κ2) is 8.65. The van der Waals surface area contributed by atoms with E-state index < -0.39 is 0 Å². The maximum Gasteiger partial charge on any atom is 0.0397 e. The number of benzene rings is 3. The van der Waals surface area contributed by atoms with Crippen molar-refractivity contribution < 1.29 is 0 Å². The van der Waals surface area contributed by atoms with Gasteiger partial charge in [-0.05, 0) is 72.2 Å². The van der Waals surface area contributed by atoms with E-state index in [0.717, 1.165) is 0 Å². The minimum atomic E-state index is -0.0634. The Bertz CT molecular complexity index is 982. The first-order valence-electron chi connectivity index (χ1n) is 11.6. The summed E-state index contributed by atoms with van der Waals surface area (Å²) >= 11 is 0. The van der Waals surface area contributed by atoms with Gasteiger partial charge in [-0.2, -0.15) is 0 Å². The van der Waals surface area contributed by atoms with Crippen molar-refractivity contribution in [2.75, 3.05) is 24.7 Å². The van der Waals surface area contributed by atoms with Crippen LogP contribution >= 0.6 is 0 Å². The summed E-state index contributed by atoms with van der Waals surface area (Å²) in [6.45, 7) is 18.0. The molecule has 0 bridgehead atoms. The minimum absolute atomic E-state index is 0.0634. The molecule has 0 radical (unpaired) electrons. The van der Waals surface area contributed by atoms with E-state index in [9.17, 15) is 0 Å². The van der Waals surface area contributed by atoms with E-state index >= 15 is 0 Å². The molecule has 0 aromatic heterocycles. The molecule has 2 heteroatoms. The largest absolute Gasteiger partial charge is 0.388 e. The lowest BCUT2D eigenvalue weighted by Crippen LogP contribution is -2.22. The van der Waals surface area contributed by atoms with Crippen molar-refractivity contribution in [3.8, 4) is 0 Å². The van der Waals surface area contributed by atoms with E-state index in [1.54, 1.807) is 0 Å². The highest BCUT2D eigenvalue weighted by Gasteiger charge is 2.27. The highest BCUT2D eigenvalue weighted by Crippen LogP contribution is 2.38. The minimum Gasteiger partial charge on any atom is -0.388 e. The van der Waals surface area contributed by atoms with Gasteiger partial charge in [0.2, 0.25) is 0 Å². The maximum atomic E-state index is 3.33. The molecule has 2 nitrogen and oxygen atoms in total. The number of hydrogen-bond acceptors (Lipinski definition) is 2. The topological polar surface area (TPSA) is 24.1 Å². The van der Waals surface area contributed by atoms with Crippen molar-refractivity contribution >= 4 is 11.4 Å². The maximum absolute atomic E-state index is 3.33. The molecule has 0 unspecified atom stereocenters. The first-order chi connectivity index (χ1) is 14.9. The zero-order valence-corrected chi connectivity index (χ0v) is 21.6. The Morgan fingerprint density at radius 1 is 0.469 bits per heavy atom. The van der Waals surface area contributed by atoms with E-state index in [0.29, 0.717) is 0 Å². The lowest BCUT2D eigenvalue weighted by atomic mass is 9.73. The average Bonchev–Trinajstić information content (AvgIpc) is 2.73. The highest BCUT2D eigenvalue weighted by molar-refractivity contribution is 5.61. The molecule has 3 aromatic rings. The summed E-state index contributed by atoms with van der Waals surface area (Å²) in [6, 6.07) is 18.6. The predicted molar refractivity (Wildman–Crippen MR) is 142 cm³/mol. The zero-order valence-electron chi connectivity index (χ0n) is 21.6. The quantitative estimate of drug-likeness (QED) is 0.421. The zero-order chi connectivity index (χ0) is 23.8. The second-order valence-electron chi connectivity index (χ2n) is 10.3. The van der Waals surface area contributed by atoms with Gasteiger partial charge in [0.25, 0.3) is 0 Å². The van der Waals surface area contributed by atoms with E-state index in [-0.39, 0.29) is 10.8 Å². The van der Waals surface area contributed by atoms with Crippen LogP contribution in [0, 0.1) is 27.7 Å². The van der Waals surface area contributed by atoms with Crippen LogP contribution in [0.2, 0.25) is 0 Å². The number of anilines is 2. The van der Waals surface area contributed by atoms with Gasteiger partial charge in [-0.3, -0.25) is 0 Å². The van der Waals surface area contributed by atoms with Gasteiger partial charge in [-0.1, -0.05) is 76.2 Å². The third-order valence-corrected chi connectivity index (χ3v) is 7.34. The molecule has 0 aliphatic heterocycles. The Labute approximate surface area is 195 Å². The van der Waals surface area contributed by atoms with Gasteiger partial charge in [0.05, 0.1) is 0 Å². The molecule has 0 amide bonds. The SMILES string of the molecule is CNc1c(C)cc(C(C)(C)c2ccc(C(C)(C)c3cc(C)c(NC)c(C)c3)cc2)cc1C. The van der Waals surface area contributed by atoms with Crippen LogP contribution < -0.4 is 10.6 Å². The number of nitrogens with one attached hydrogen (secondary N) is 2. The van der Waals surface area contributed by atoms with Crippen molar-refractivity contribution in [2.24, 2.45) is 0 Å². The van der Waals surface area contributed by atoms with Crippen LogP contribution in [0.25, 0.3) is 0 Å². The number of aryl methyl sites for hydroxylation is 4. The molecule has 3 rings (SSSR count). The summed E-state index contributed by atoms with van der Waals surface area (Å²) in [6.07, 6.45) is 0. The monoisotopic (exact) mass is 428 g/mol. The molecule has 3 aromatic carbocycles. The van der Waals surface area contributed by atoms with Crippen molar-refractivity contribution in [3.05, 3.63) is 93.0 Å². The lowest BCUT2D eigenvalue weighted by molar-refractivity contribution is 0.625. The van der Waals surface area contributed by atoms with Gasteiger partial charge in [0.1, 0.15) is 0 Å². The van der Waals surface area contributed by atoms with Gasteiger partial charge >= 0.3 is 0 Å². The molecule has 32 heavy (non-hydrogen) atoms. The molecule has 0 spiro atoms. The normalized spacial score (nSPS) is 12.1. The molecule has 0 heterocycles. The fraction of sp³-hybridized carbons (Fsp3) is 0.400. The van der Waals surface area contributed by atoms with Crippen molar-refractivity contribution in [2.45, 2.75) is 66.2 Å². The van der Waals surface area contributed by atoms with E-state index in [1.807, 2.05) is 14.1 Å².